The van der Waals surface area contributed by atoms with E-state index in [1.165, 1.54) is 29.2 Å². The maximum Gasteiger partial charge on any atom is 0.573 e. The van der Waals surface area contributed by atoms with E-state index in [9.17, 15) is 13.2 Å². The summed E-state index contributed by atoms with van der Waals surface area (Å²) in [6.45, 7) is 4.04. The van der Waals surface area contributed by atoms with E-state index in [-0.39, 0.29) is 5.75 Å². The van der Waals surface area contributed by atoms with Crippen LogP contribution < -0.4 is 15.5 Å². The number of para-hydroxylation sites is 1. The Morgan fingerprint density at radius 1 is 1.05 bits per heavy atom. The van der Waals surface area contributed by atoms with Gasteiger partial charge in [-0.25, -0.2) is 0 Å². The Labute approximate surface area is 227 Å². The summed E-state index contributed by atoms with van der Waals surface area (Å²) in [4.78, 5) is 0.962. The van der Waals surface area contributed by atoms with Crippen molar-refractivity contribution in [3.05, 3.63) is 88.5 Å². The molecule has 1 heterocycles. The first-order chi connectivity index (χ1) is 18.2. The fourth-order valence-corrected chi connectivity index (χ4v) is 5.59. The molecule has 2 N–H and O–H groups in total. The predicted octanol–water partition coefficient (Wildman–Crippen LogP) is 7.41. The number of hydrogen-bond donors (Lipinski definition) is 2. The summed E-state index contributed by atoms with van der Waals surface area (Å²) in [6.07, 6.45) is -1.37. The molecule has 0 unspecified atom stereocenters. The van der Waals surface area contributed by atoms with E-state index >= 15 is 0 Å². The number of nitrogens with one attached hydrogen (secondary N) is 2. The number of benzene rings is 3. The number of aryl methyl sites for hydroxylation is 3. The molecule has 1 aliphatic carbocycles. The van der Waals surface area contributed by atoms with Crippen LogP contribution in [0.4, 0.5) is 18.9 Å². The quantitative estimate of drug-likeness (QED) is 0.153. The first kappa shape index (κ1) is 25.9. The summed E-state index contributed by atoms with van der Waals surface area (Å²) in [7, 11) is 0. The van der Waals surface area contributed by atoms with Crippen LogP contribution in [0.15, 0.2) is 65.8 Å². The van der Waals surface area contributed by atoms with Crippen molar-refractivity contribution in [3.63, 3.8) is 0 Å². The van der Waals surface area contributed by atoms with Crippen molar-refractivity contribution < 1.29 is 17.9 Å². The lowest BCUT2D eigenvalue weighted by Crippen LogP contribution is -2.24. The number of alkyl halides is 3. The van der Waals surface area contributed by atoms with Crippen LogP contribution in [0, 0.1) is 13.8 Å². The average Bonchev–Trinajstić information content (AvgIpc) is 3.30. The highest BCUT2D eigenvalue weighted by Gasteiger charge is 2.31. The topological polar surface area (TPSA) is 58.5 Å². The standard InChI is InChI=1S/C28H23F3N4OS2/c1-16-4-3-5-17(2)24(16)33-27(37)34-32-15-18-6-12-22-20(14-18)9-13-23-25(22)35-38-26(23)19-7-10-21(11-8-19)36-28(29,30)31/h3-8,10-12,14-15H,9,13H2,1-2H3,(H2,33,34,37). The van der Waals surface area contributed by atoms with Gasteiger partial charge in [0.25, 0.3) is 0 Å². The summed E-state index contributed by atoms with van der Waals surface area (Å²) >= 11 is 6.74. The molecule has 3 aromatic carbocycles. The monoisotopic (exact) mass is 552 g/mol. The van der Waals surface area contributed by atoms with Gasteiger partial charge in [-0.3, -0.25) is 5.43 Å². The Hall–Kier alpha value is -3.76. The third-order valence-corrected chi connectivity index (χ3v) is 7.40. The minimum atomic E-state index is -4.71. The van der Waals surface area contributed by atoms with Crippen molar-refractivity contribution in [1.29, 1.82) is 0 Å². The molecule has 1 aliphatic rings. The van der Waals surface area contributed by atoms with Crippen LogP contribution in [0.5, 0.6) is 5.75 Å². The van der Waals surface area contributed by atoms with E-state index in [2.05, 4.69) is 31.0 Å². The van der Waals surface area contributed by atoms with Gasteiger partial charge in [0.1, 0.15) is 5.75 Å². The van der Waals surface area contributed by atoms with E-state index in [0.717, 1.165) is 62.5 Å². The Morgan fingerprint density at radius 3 is 2.50 bits per heavy atom. The van der Waals surface area contributed by atoms with Crippen LogP contribution in [0.2, 0.25) is 0 Å². The molecule has 0 spiro atoms. The van der Waals surface area contributed by atoms with Gasteiger partial charge in [-0.2, -0.15) is 9.47 Å². The summed E-state index contributed by atoms with van der Waals surface area (Å²) in [5, 5.41) is 7.90. The van der Waals surface area contributed by atoms with E-state index in [1.54, 1.807) is 18.3 Å². The first-order valence-corrected chi connectivity index (χ1v) is 13.0. The van der Waals surface area contributed by atoms with Crippen LogP contribution in [0.3, 0.4) is 0 Å². The van der Waals surface area contributed by atoms with Gasteiger partial charge in [0.15, 0.2) is 5.11 Å². The average molecular weight is 553 g/mol. The molecule has 1 aromatic heterocycles. The van der Waals surface area contributed by atoms with Gasteiger partial charge in [0, 0.05) is 11.3 Å². The van der Waals surface area contributed by atoms with Crippen molar-refractivity contribution in [2.45, 2.75) is 33.1 Å². The number of rotatable bonds is 5. The van der Waals surface area contributed by atoms with Crippen LogP contribution >= 0.6 is 23.8 Å². The maximum atomic E-state index is 12.5. The van der Waals surface area contributed by atoms with Crippen LogP contribution in [-0.2, 0) is 12.8 Å². The number of fused-ring (bicyclic) bond motifs is 3. The molecule has 0 saturated heterocycles. The molecule has 194 valence electrons. The number of thiocarbonyl (C=S) groups is 1. The van der Waals surface area contributed by atoms with Crippen molar-refractivity contribution in [2.24, 2.45) is 5.10 Å². The second-order valence-corrected chi connectivity index (χ2v) is 10.1. The van der Waals surface area contributed by atoms with Crippen molar-refractivity contribution in [1.82, 2.24) is 9.80 Å². The highest BCUT2D eigenvalue weighted by molar-refractivity contribution is 7.80. The van der Waals surface area contributed by atoms with Gasteiger partial charge < -0.3 is 10.1 Å². The molecule has 0 aliphatic heterocycles. The SMILES string of the molecule is Cc1cccc(C)c1NC(=S)NN=Cc1ccc2c(c1)CCc1c-2nsc1-c1ccc(OC(F)(F)F)cc1. The fraction of sp³-hybridized carbons (Fsp3) is 0.179. The zero-order valence-electron chi connectivity index (χ0n) is 20.5. The molecule has 0 radical (unpaired) electrons. The molecule has 0 saturated carbocycles. The molecule has 0 bridgehead atoms. The van der Waals surface area contributed by atoms with Gasteiger partial charge in [0.2, 0.25) is 0 Å². The smallest absolute Gasteiger partial charge is 0.406 e. The molecular weight excluding hydrogens is 529 g/mol. The normalized spacial score (nSPS) is 12.7. The molecule has 5 rings (SSSR count). The minimum absolute atomic E-state index is 0.240. The van der Waals surface area contributed by atoms with E-state index in [4.69, 9.17) is 12.2 Å². The highest BCUT2D eigenvalue weighted by atomic mass is 32.1. The molecule has 0 amide bonds. The zero-order valence-corrected chi connectivity index (χ0v) is 22.2. The summed E-state index contributed by atoms with van der Waals surface area (Å²) in [5.74, 6) is -0.240. The third kappa shape index (κ3) is 5.71. The minimum Gasteiger partial charge on any atom is -0.406 e. The molecule has 5 nitrogen and oxygen atoms in total. The van der Waals surface area contributed by atoms with Gasteiger partial charge in [0.05, 0.1) is 16.8 Å². The molecule has 0 fully saturated rings. The molecule has 10 heteroatoms. The van der Waals surface area contributed by atoms with Crippen molar-refractivity contribution in [3.8, 4) is 27.4 Å². The summed E-state index contributed by atoms with van der Waals surface area (Å²) in [5.41, 5.74) is 12.1. The van der Waals surface area contributed by atoms with Crippen LogP contribution in [0.1, 0.15) is 27.8 Å². The third-order valence-electron chi connectivity index (χ3n) is 6.27. The van der Waals surface area contributed by atoms with Crippen molar-refractivity contribution >= 4 is 40.8 Å². The Balaban J connectivity index is 1.28. The molecule has 4 aromatic rings. The number of anilines is 1. The lowest BCUT2D eigenvalue weighted by molar-refractivity contribution is -0.274. The van der Waals surface area contributed by atoms with Gasteiger partial charge in [-0.05, 0) is 114 Å². The van der Waals surface area contributed by atoms with Gasteiger partial charge in [-0.1, -0.05) is 30.3 Å². The number of hydrogen-bond acceptors (Lipinski definition) is 5. The summed E-state index contributed by atoms with van der Waals surface area (Å²) < 4.78 is 46.1. The largest absolute Gasteiger partial charge is 0.573 e. The molecular formula is C28H23F3N4OS2. The molecule has 38 heavy (non-hydrogen) atoms. The second kappa shape index (κ2) is 10.5. The lowest BCUT2D eigenvalue weighted by Gasteiger charge is -2.17. The van der Waals surface area contributed by atoms with Crippen molar-refractivity contribution in [2.75, 3.05) is 5.32 Å². The summed E-state index contributed by atoms with van der Waals surface area (Å²) in [6, 6.07) is 18.1. The number of nitrogens with zero attached hydrogens (tertiary/aromatic N) is 2. The molecule has 0 atom stereocenters. The number of halogens is 3. The Morgan fingerprint density at radius 2 is 1.79 bits per heavy atom. The van der Waals surface area contributed by atoms with Crippen LogP contribution in [0.25, 0.3) is 21.7 Å². The Kier molecular flexibility index (Phi) is 7.18. The van der Waals surface area contributed by atoms with Gasteiger partial charge in [-0.15, -0.1) is 13.2 Å². The number of ether oxygens (including phenoxy) is 1. The van der Waals surface area contributed by atoms with Gasteiger partial charge >= 0.3 is 6.36 Å². The zero-order chi connectivity index (χ0) is 26.9. The predicted molar refractivity (Wildman–Crippen MR) is 150 cm³/mol. The fourth-order valence-electron chi connectivity index (χ4n) is 4.50. The van der Waals surface area contributed by atoms with E-state index in [0.29, 0.717) is 5.11 Å². The van der Waals surface area contributed by atoms with Crippen LogP contribution in [-0.4, -0.2) is 22.1 Å². The van der Waals surface area contributed by atoms with E-state index < -0.39 is 6.36 Å². The lowest BCUT2D eigenvalue weighted by atomic mass is 9.87. The highest BCUT2D eigenvalue weighted by Crippen LogP contribution is 2.41. The number of hydrazone groups is 1. The Bertz CT molecular complexity index is 1510. The maximum absolute atomic E-state index is 12.5. The van der Waals surface area contributed by atoms with E-state index in [1.807, 2.05) is 44.2 Å². The second-order valence-electron chi connectivity index (χ2n) is 8.92. The number of aromatic nitrogens is 1. The first-order valence-electron chi connectivity index (χ1n) is 11.8.